The lowest BCUT2D eigenvalue weighted by molar-refractivity contribution is -0.384. The molecule has 0 aliphatic heterocycles. The van der Waals surface area contributed by atoms with E-state index in [0.29, 0.717) is 6.07 Å². The Kier molecular flexibility index (Phi) is 5.41. The number of phenolic OH excluding ortho intramolecular Hbond substituents is 1. The Hall–Kier alpha value is -3.59. The first-order valence-electron chi connectivity index (χ1n) is 8.09. The van der Waals surface area contributed by atoms with Gasteiger partial charge in [-0.3, -0.25) is 24.0 Å². The third-order valence-electron chi connectivity index (χ3n) is 4.14. The highest BCUT2D eigenvalue weighted by molar-refractivity contribution is 7.86. The molecule has 3 rings (SSSR count). The topological polar surface area (TPSA) is 201 Å². The number of nitrogens with zero attached hydrogens (tertiary/aromatic N) is 1. The summed E-state index contributed by atoms with van der Waals surface area (Å²) in [4.78, 5) is 21.2. The van der Waals surface area contributed by atoms with Crippen molar-refractivity contribution in [3.63, 3.8) is 0 Å². The SMILES string of the molecule is O=C(Nc1cc(S(=O)(=O)O)cc2cc(S(=O)(=O)O)cc(O)c12)c1cccc([N+](=O)[O-])c1. The van der Waals surface area contributed by atoms with Gasteiger partial charge in [-0.2, -0.15) is 16.8 Å². The lowest BCUT2D eigenvalue weighted by Gasteiger charge is -2.13. The van der Waals surface area contributed by atoms with E-state index in [9.17, 15) is 46.0 Å². The van der Waals surface area contributed by atoms with Crippen molar-refractivity contribution in [2.75, 3.05) is 5.32 Å². The summed E-state index contributed by atoms with van der Waals surface area (Å²) in [5.41, 5.74) is -0.903. The van der Waals surface area contributed by atoms with Crippen molar-refractivity contribution < 1.29 is 40.8 Å². The number of nitro groups is 1. The molecule has 3 aromatic carbocycles. The zero-order chi connectivity index (χ0) is 23.1. The Labute approximate surface area is 174 Å². The fraction of sp³-hybridized carbons (Fsp3) is 0. The number of phenols is 1. The number of anilines is 1. The van der Waals surface area contributed by atoms with E-state index in [4.69, 9.17) is 0 Å². The summed E-state index contributed by atoms with van der Waals surface area (Å²) in [5, 5.41) is 23.0. The second kappa shape index (κ2) is 7.59. The van der Waals surface area contributed by atoms with E-state index in [1.54, 1.807) is 0 Å². The van der Waals surface area contributed by atoms with Crippen LogP contribution < -0.4 is 5.32 Å². The van der Waals surface area contributed by atoms with E-state index in [1.807, 2.05) is 0 Å². The Morgan fingerprint density at radius 1 is 0.935 bits per heavy atom. The standard InChI is InChI=1S/C17H12N2O10S2/c20-15-8-13(31(27,28)29)6-10-5-12(30(24,25)26)7-14(16(10)15)18-17(21)9-2-1-3-11(4-9)19(22)23/h1-8,20H,(H,18,21)(H,24,25,26)(H,27,28,29). The molecule has 0 bridgehead atoms. The largest absolute Gasteiger partial charge is 0.507 e. The monoisotopic (exact) mass is 468 g/mol. The number of amides is 1. The quantitative estimate of drug-likeness (QED) is 0.244. The minimum Gasteiger partial charge on any atom is -0.507 e. The van der Waals surface area contributed by atoms with E-state index in [-0.39, 0.29) is 27.7 Å². The normalized spacial score (nSPS) is 11.9. The average molecular weight is 468 g/mol. The molecule has 0 atom stereocenters. The highest BCUT2D eigenvalue weighted by Gasteiger charge is 2.21. The minimum absolute atomic E-state index is 0.173. The van der Waals surface area contributed by atoms with Crippen molar-refractivity contribution in [3.05, 3.63) is 64.2 Å². The number of aromatic hydroxyl groups is 1. The van der Waals surface area contributed by atoms with Gasteiger partial charge >= 0.3 is 0 Å². The van der Waals surface area contributed by atoms with Crippen molar-refractivity contribution in [3.8, 4) is 5.75 Å². The summed E-state index contributed by atoms with van der Waals surface area (Å²) in [6.45, 7) is 0. The van der Waals surface area contributed by atoms with Gasteiger partial charge in [0, 0.05) is 29.1 Å². The van der Waals surface area contributed by atoms with Gasteiger partial charge in [0.05, 0.1) is 20.4 Å². The van der Waals surface area contributed by atoms with Crippen LogP contribution in [0, 0.1) is 10.1 Å². The fourth-order valence-corrected chi connectivity index (χ4v) is 3.87. The van der Waals surface area contributed by atoms with Gasteiger partial charge in [-0.05, 0) is 29.7 Å². The highest BCUT2D eigenvalue weighted by atomic mass is 32.2. The van der Waals surface area contributed by atoms with Gasteiger partial charge in [0.2, 0.25) is 0 Å². The van der Waals surface area contributed by atoms with Gasteiger partial charge < -0.3 is 10.4 Å². The maximum atomic E-state index is 12.6. The average Bonchev–Trinajstić information content (AvgIpc) is 2.66. The molecule has 4 N–H and O–H groups in total. The Bertz CT molecular complexity index is 1460. The van der Waals surface area contributed by atoms with Crippen molar-refractivity contribution in [2.45, 2.75) is 9.79 Å². The molecule has 0 aliphatic rings. The Morgan fingerprint density at radius 2 is 1.52 bits per heavy atom. The number of carbonyl (C=O) groups is 1. The molecular formula is C17H12N2O10S2. The number of carbonyl (C=O) groups excluding carboxylic acids is 1. The summed E-state index contributed by atoms with van der Waals surface area (Å²) in [6.07, 6.45) is 0. The molecule has 12 nitrogen and oxygen atoms in total. The van der Waals surface area contributed by atoms with Gasteiger partial charge in [0.25, 0.3) is 31.8 Å². The molecule has 14 heteroatoms. The van der Waals surface area contributed by atoms with E-state index in [0.717, 1.165) is 30.3 Å². The number of non-ortho nitro benzene ring substituents is 1. The summed E-state index contributed by atoms with van der Waals surface area (Å²) >= 11 is 0. The lowest BCUT2D eigenvalue weighted by atomic mass is 10.1. The summed E-state index contributed by atoms with van der Waals surface area (Å²) in [5.74, 6) is -1.66. The van der Waals surface area contributed by atoms with Crippen molar-refractivity contribution in [1.29, 1.82) is 0 Å². The maximum absolute atomic E-state index is 12.6. The van der Waals surface area contributed by atoms with Crippen LogP contribution in [0.15, 0.2) is 58.3 Å². The third kappa shape index (κ3) is 4.61. The molecule has 31 heavy (non-hydrogen) atoms. The second-order valence-electron chi connectivity index (χ2n) is 6.22. The smallest absolute Gasteiger partial charge is 0.294 e. The van der Waals surface area contributed by atoms with Crippen LogP contribution in [0.25, 0.3) is 10.8 Å². The maximum Gasteiger partial charge on any atom is 0.294 e. The number of nitrogens with one attached hydrogen (secondary N) is 1. The van der Waals surface area contributed by atoms with Gasteiger partial charge in [-0.15, -0.1) is 0 Å². The molecule has 0 saturated heterocycles. The zero-order valence-corrected chi connectivity index (χ0v) is 16.7. The summed E-state index contributed by atoms with van der Waals surface area (Å²) in [7, 11) is -9.61. The van der Waals surface area contributed by atoms with Crippen LogP contribution in [0.5, 0.6) is 5.75 Å². The number of fused-ring (bicyclic) bond motifs is 1. The van der Waals surface area contributed by atoms with Crippen LogP contribution in [0.1, 0.15) is 10.4 Å². The third-order valence-corrected chi connectivity index (χ3v) is 5.80. The van der Waals surface area contributed by atoms with Gasteiger partial charge in [0.1, 0.15) is 5.75 Å². The van der Waals surface area contributed by atoms with Crippen molar-refractivity contribution in [2.24, 2.45) is 0 Å². The summed E-state index contributed by atoms with van der Waals surface area (Å²) in [6, 6.07) is 7.72. The van der Waals surface area contributed by atoms with Crippen LogP contribution in [-0.4, -0.2) is 41.9 Å². The first-order chi connectivity index (χ1) is 14.3. The molecule has 0 fully saturated rings. The molecule has 3 aromatic rings. The molecule has 1 amide bonds. The second-order valence-corrected chi connectivity index (χ2v) is 9.07. The van der Waals surface area contributed by atoms with Crippen molar-refractivity contribution >= 4 is 48.3 Å². The molecule has 0 heterocycles. The van der Waals surface area contributed by atoms with Crippen molar-refractivity contribution in [1.82, 2.24) is 0 Å². The van der Waals surface area contributed by atoms with Crippen LogP contribution in [0.2, 0.25) is 0 Å². The molecule has 0 saturated carbocycles. The predicted octanol–water partition coefficient (Wildman–Crippen LogP) is 2.20. The number of rotatable bonds is 5. The first kappa shape index (κ1) is 22.1. The van der Waals surface area contributed by atoms with Crippen LogP contribution in [0.3, 0.4) is 0 Å². The first-order valence-corrected chi connectivity index (χ1v) is 11.0. The van der Waals surface area contributed by atoms with Crippen LogP contribution in [-0.2, 0) is 20.2 Å². The van der Waals surface area contributed by atoms with E-state index in [1.165, 1.54) is 12.1 Å². The van der Waals surface area contributed by atoms with Gasteiger partial charge in [-0.25, -0.2) is 0 Å². The number of hydrogen-bond donors (Lipinski definition) is 4. The molecule has 0 spiro atoms. The van der Waals surface area contributed by atoms with Crippen LogP contribution in [0.4, 0.5) is 11.4 Å². The number of hydrogen-bond acceptors (Lipinski definition) is 8. The number of nitro benzene ring substituents is 1. The molecule has 0 unspecified atom stereocenters. The van der Waals surface area contributed by atoms with Gasteiger partial charge in [0.15, 0.2) is 0 Å². The molecule has 0 aliphatic carbocycles. The predicted molar refractivity (Wildman–Crippen MR) is 106 cm³/mol. The Balaban J connectivity index is 2.22. The lowest BCUT2D eigenvalue weighted by Crippen LogP contribution is -2.13. The fourth-order valence-electron chi connectivity index (χ4n) is 2.79. The Morgan fingerprint density at radius 3 is 2.06 bits per heavy atom. The van der Waals surface area contributed by atoms with Gasteiger partial charge in [-0.1, -0.05) is 6.07 Å². The number of benzene rings is 3. The van der Waals surface area contributed by atoms with E-state index >= 15 is 0 Å². The van der Waals surface area contributed by atoms with E-state index < -0.39 is 46.6 Å². The minimum atomic E-state index is -4.83. The molecule has 162 valence electrons. The zero-order valence-electron chi connectivity index (χ0n) is 15.1. The molecule has 0 radical (unpaired) electrons. The van der Waals surface area contributed by atoms with E-state index in [2.05, 4.69) is 5.32 Å². The summed E-state index contributed by atoms with van der Waals surface area (Å²) < 4.78 is 64.6. The highest BCUT2D eigenvalue weighted by Crippen LogP contribution is 2.37. The van der Waals surface area contributed by atoms with Crippen LogP contribution >= 0.6 is 0 Å². The molecular weight excluding hydrogens is 456 g/mol. The molecule has 0 aromatic heterocycles.